The highest BCUT2D eigenvalue weighted by atomic mass is 16.1. The van der Waals surface area contributed by atoms with E-state index in [0.717, 1.165) is 35.4 Å². The molecule has 3 heteroatoms. The number of unbranched alkanes of at least 4 members (excludes halogenated alkanes) is 1. The molecule has 1 saturated carbocycles. The van der Waals surface area contributed by atoms with Crippen LogP contribution < -0.4 is 5.32 Å². The molecule has 1 fully saturated rings. The molecule has 24 heavy (non-hydrogen) atoms. The highest BCUT2D eigenvalue weighted by Crippen LogP contribution is 2.32. The molecule has 3 rings (SSSR count). The molecule has 1 heterocycles. The molecule has 1 aliphatic carbocycles. The topological polar surface area (TPSA) is 42.0 Å². The molecule has 1 amide bonds. The van der Waals surface area contributed by atoms with E-state index in [-0.39, 0.29) is 11.8 Å². The molecule has 0 saturated heterocycles. The molecule has 0 unspecified atom stereocenters. The molecule has 1 aromatic heterocycles. The van der Waals surface area contributed by atoms with Crippen LogP contribution in [0.4, 0.5) is 0 Å². The van der Waals surface area contributed by atoms with Crippen LogP contribution in [0, 0.1) is 11.8 Å². The van der Waals surface area contributed by atoms with Crippen molar-refractivity contribution in [2.75, 3.05) is 0 Å². The first kappa shape index (κ1) is 16.9. The van der Waals surface area contributed by atoms with E-state index in [9.17, 15) is 4.79 Å². The second kappa shape index (κ2) is 8.27. The number of benzene rings is 1. The lowest BCUT2D eigenvalue weighted by molar-refractivity contribution is -0.126. The van der Waals surface area contributed by atoms with Gasteiger partial charge in [-0.2, -0.15) is 0 Å². The molecule has 1 aliphatic rings. The monoisotopic (exact) mass is 324 g/mol. The smallest absolute Gasteiger partial charge is 0.223 e. The van der Waals surface area contributed by atoms with E-state index in [0.29, 0.717) is 6.54 Å². The number of para-hydroxylation sites is 1. The number of fused-ring (bicyclic) bond motifs is 1. The fraction of sp³-hybridized carbons (Fsp3) is 0.524. The molecule has 0 aliphatic heterocycles. The minimum absolute atomic E-state index is 0.198. The highest BCUT2D eigenvalue weighted by molar-refractivity contribution is 5.79. The molecular formula is C21H28N2O. The van der Waals surface area contributed by atoms with E-state index in [4.69, 9.17) is 0 Å². The Hall–Kier alpha value is -1.90. The average Bonchev–Trinajstić information content (AvgIpc) is 2.64. The van der Waals surface area contributed by atoms with Crippen molar-refractivity contribution in [3.8, 4) is 0 Å². The number of rotatable bonds is 6. The molecular weight excluding hydrogens is 296 g/mol. The third-order valence-corrected chi connectivity index (χ3v) is 5.28. The van der Waals surface area contributed by atoms with Gasteiger partial charge in [0.15, 0.2) is 0 Å². The van der Waals surface area contributed by atoms with Gasteiger partial charge in [0, 0.05) is 11.3 Å². The SMILES string of the molecule is CCCCC1CCC(C(=O)NCc2ccc3ccccc3n2)CC1. The van der Waals surface area contributed by atoms with E-state index in [2.05, 4.69) is 29.4 Å². The van der Waals surface area contributed by atoms with Crippen molar-refractivity contribution in [2.24, 2.45) is 11.8 Å². The first-order valence-corrected chi connectivity index (χ1v) is 9.38. The maximum absolute atomic E-state index is 12.4. The summed E-state index contributed by atoms with van der Waals surface area (Å²) >= 11 is 0. The van der Waals surface area contributed by atoms with E-state index >= 15 is 0 Å². The molecule has 128 valence electrons. The number of amides is 1. The number of hydrogen-bond acceptors (Lipinski definition) is 2. The summed E-state index contributed by atoms with van der Waals surface area (Å²) in [4.78, 5) is 17.0. The van der Waals surface area contributed by atoms with Gasteiger partial charge in [0.2, 0.25) is 5.91 Å². The molecule has 0 atom stereocenters. The Morgan fingerprint density at radius 1 is 1.12 bits per heavy atom. The van der Waals surface area contributed by atoms with Crippen LogP contribution in [0.25, 0.3) is 10.9 Å². The van der Waals surface area contributed by atoms with Crippen LogP contribution in [0.5, 0.6) is 0 Å². The van der Waals surface area contributed by atoms with Gasteiger partial charge in [-0.15, -0.1) is 0 Å². The minimum Gasteiger partial charge on any atom is -0.350 e. The lowest BCUT2D eigenvalue weighted by atomic mass is 9.79. The van der Waals surface area contributed by atoms with E-state index < -0.39 is 0 Å². The molecule has 1 aromatic carbocycles. The number of carbonyl (C=O) groups is 1. The van der Waals surface area contributed by atoms with Crippen molar-refractivity contribution in [3.63, 3.8) is 0 Å². The first-order valence-electron chi connectivity index (χ1n) is 9.38. The van der Waals surface area contributed by atoms with Crippen molar-refractivity contribution in [1.82, 2.24) is 10.3 Å². The van der Waals surface area contributed by atoms with Crippen LogP contribution in [-0.2, 0) is 11.3 Å². The number of hydrogen-bond donors (Lipinski definition) is 1. The molecule has 1 N–H and O–H groups in total. The Kier molecular flexibility index (Phi) is 5.84. The maximum Gasteiger partial charge on any atom is 0.223 e. The van der Waals surface area contributed by atoms with Crippen LogP contribution in [0.15, 0.2) is 36.4 Å². The quantitative estimate of drug-likeness (QED) is 0.825. The molecule has 2 aromatic rings. The molecule has 0 bridgehead atoms. The fourth-order valence-corrected chi connectivity index (χ4v) is 3.73. The van der Waals surface area contributed by atoms with Gasteiger partial charge in [-0.25, -0.2) is 0 Å². The Balaban J connectivity index is 1.48. The first-order chi connectivity index (χ1) is 11.8. The predicted molar refractivity (Wildman–Crippen MR) is 98.6 cm³/mol. The molecule has 0 spiro atoms. The van der Waals surface area contributed by atoms with Gasteiger partial charge < -0.3 is 5.32 Å². The number of aromatic nitrogens is 1. The zero-order chi connectivity index (χ0) is 16.8. The number of carbonyl (C=O) groups excluding carboxylic acids is 1. The van der Waals surface area contributed by atoms with Crippen molar-refractivity contribution in [1.29, 1.82) is 0 Å². The Morgan fingerprint density at radius 3 is 2.71 bits per heavy atom. The standard InChI is InChI=1S/C21H28N2O/c1-2-3-6-16-9-11-18(12-10-16)21(24)22-15-19-14-13-17-7-4-5-8-20(17)23-19/h4-5,7-8,13-14,16,18H,2-3,6,9-12,15H2,1H3,(H,22,24). The Bertz CT molecular complexity index is 674. The lowest BCUT2D eigenvalue weighted by Gasteiger charge is -2.27. The maximum atomic E-state index is 12.4. The molecule has 0 radical (unpaired) electrons. The predicted octanol–water partition coefficient (Wildman–Crippen LogP) is 4.85. The van der Waals surface area contributed by atoms with Gasteiger partial charge in [0.1, 0.15) is 0 Å². The Morgan fingerprint density at radius 2 is 1.92 bits per heavy atom. The number of nitrogens with zero attached hydrogens (tertiary/aromatic N) is 1. The normalized spacial score (nSPS) is 20.9. The van der Waals surface area contributed by atoms with Crippen LogP contribution >= 0.6 is 0 Å². The van der Waals surface area contributed by atoms with Crippen molar-refractivity contribution in [2.45, 2.75) is 58.4 Å². The van der Waals surface area contributed by atoms with Crippen LogP contribution in [0.3, 0.4) is 0 Å². The van der Waals surface area contributed by atoms with Crippen molar-refractivity contribution >= 4 is 16.8 Å². The van der Waals surface area contributed by atoms with Gasteiger partial charge in [-0.1, -0.05) is 50.5 Å². The van der Waals surface area contributed by atoms with Gasteiger partial charge in [-0.3, -0.25) is 9.78 Å². The summed E-state index contributed by atoms with van der Waals surface area (Å²) in [5.74, 6) is 1.25. The van der Waals surface area contributed by atoms with Gasteiger partial charge in [0.05, 0.1) is 17.8 Å². The van der Waals surface area contributed by atoms with Crippen molar-refractivity contribution in [3.05, 3.63) is 42.1 Å². The lowest BCUT2D eigenvalue weighted by Crippen LogP contribution is -2.33. The van der Waals surface area contributed by atoms with E-state index in [1.54, 1.807) is 0 Å². The van der Waals surface area contributed by atoms with Crippen LogP contribution in [0.1, 0.15) is 57.6 Å². The average molecular weight is 324 g/mol. The van der Waals surface area contributed by atoms with Gasteiger partial charge in [0.25, 0.3) is 0 Å². The zero-order valence-corrected chi connectivity index (χ0v) is 14.6. The summed E-state index contributed by atoms with van der Waals surface area (Å²) in [5.41, 5.74) is 1.92. The van der Waals surface area contributed by atoms with Gasteiger partial charge >= 0.3 is 0 Å². The summed E-state index contributed by atoms with van der Waals surface area (Å²) in [5, 5.41) is 4.23. The summed E-state index contributed by atoms with van der Waals surface area (Å²) in [6.45, 7) is 2.78. The van der Waals surface area contributed by atoms with Gasteiger partial charge in [-0.05, 0) is 43.7 Å². The van der Waals surface area contributed by atoms with Crippen molar-refractivity contribution < 1.29 is 4.79 Å². The van der Waals surface area contributed by atoms with E-state index in [1.807, 2.05) is 24.3 Å². The summed E-state index contributed by atoms with van der Waals surface area (Å²) in [6, 6.07) is 12.2. The fourth-order valence-electron chi connectivity index (χ4n) is 3.73. The zero-order valence-electron chi connectivity index (χ0n) is 14.6. The Labute approximate surface area is 144 Å². The highest BCUT2D eigenvalue weighted by Gasteiger charge is 2.25. The largest absolute Gasteiger partial charge is 0.350 e. The summed E-state index contributed by atoms with van der Waals surface area (Å²) in [7, 11) is 0. The molecule has 3 nitrogen and oxygen atoms in total. The third-order valence-electron chi connectivity index (χ3n) is 5.28. The second-order valence-corrected chi connectivity index (χ2v) is 7.07. The van der Waals surface area contributed by atoms with Crippen LogP contribution in [-0.4, -0.2) is 10.9 Å². The summed E-state index contributed by atoms with van der Waals surface area (Å²) < 4.78 is 0. The second-order valence-electron chi connectivity index (χ2n) is 7.07. The number of nitrogens with one attached hydrogen (secondary N) is 1. The third kappa shape index (κ3) is 4.34. The number of pyridine rings is 1. The van der Waals surface area contributed by atoms with Crippen LogP contribution in [0.2, 0.25) is 0 Å². The van der Waals surface area contributed by atoms with E-state index in [1.165, 1.54) is 32.1 Å². The minimum atomic E-state index is 0.198. The summed E-state index contributed by atoms with van der Waals surface area (Å²) in [6.07, 6.45) is 8.47.